The van der Waals surface area contributed by atoms with E-state index in [0.717, 1.165) is 0 Å². The summed E-state index contributed by atoms with van der Waals surface area (Å²) in [4.78, 5) is 14.8. The van der Waals surface area contributed by atoms with Gasteiger partial charge in [-0.05, 0) is 25.5 Å². The summed E-state index contributed by atoms with van der Waals surface area (Å²) in [6.07, 6.45) is 0. The molecule has 0 saturated heterocycles. The van der Waals surface area contributed by atoms with E-state index in [1.807, 2.05) is 0 Å². The van der Waals surface area contributed by atoms with Crippen LogP contribution in [-0.2, 0) is 16.6 Å². The van der Waals surface area contributed by atoms with Crippen molar-refractivity contribution < 1.29 is 22.8 Å². The number of carboxylic acid groups (broad SMARTS) is 1. The number of aromatic nitrogens is 2. The van der Waals surface area contributed by atoms with Gasteiger partial charge < -0.3 is 9.63 Å². The van der Waals surface area contributed by atoms with Crippen molar-refractivity contribution in [1.29, 1.82) is 0 Å². The lowest BCUT2D eigenvalue weighted by Gasteiger charge is -2.00. The first kappa shape index (κ1) is 14.6. The van der Waals surface area contributed by atoms with E-state index in [9.17, 15) is 13.2 Å². The molecule has 0 unspecified atom stereocenters. The predicted molar refractivity (Wildman–Crippen MR) is 69.1 cm³/mol. The molecule has 0 aliphatic heterocycles. The van der Waals surface area contributed by atoms with Crippen LogP contribution in [0.15, 0.2) is 14.8 Å². The Morgan fingerprint density at radius 3 is 2.70 bits per heavy atom. The van der Waals surface area contributed by atoms with Gasteiger partial charge in [-0.1, -0.05) is 5.16 Å². The first-order valence-corrected chi connectivity index (χ1v) is 7.72. The molecule has 2 aromatic heterocycles. The van der Waals surface area contributed by atoms with Crippen molar-refractivity contribution in [2.45, 2.75) is 24.6 Å². The Labute approximate surface area is 118 Å². The highest BCUT2D eigenvalue weighted by Gasteiger charge is 2.22. The molecule has 8 nitrogen and oxygen atoms in total. The van der Waals surface area contributed by atoms with Crippen LogP contribution in [0.1, 0.15) is 27.0 Å². The van der Waals surface area contributed by atoms with Gasteiger partial charge in [-0.25, -0.2) is 17.9 Å². The molecule has 10 heteroatoms. The average Bonchev–Trinajstić information content (AvgIpc) is 2.93. The third kappa shape index (κ3) is 3.03. The van der Waals surface area contributed by atoms with Crippen molar-refractivity contribution in [3.05, 3.63) is 28.2 Å². The minimum atomic E-state index is -3.81. The molecule has 0 spiro atoms. The first-order chi connectivity index (χ1) is 9.29. The third-order valence-corrected chi connectivity index (χ3v) is 5.44. The molecule has 0 radical (unpaired) electrons. The third-order valence-electron chi connectivity index (χ3n) is 2.34. The van der Waals surface area contributed by atoms with Gasteiger partial charge in [0.2, 0.25) is 5.89 Å². The van der Waals surface area contributed by atoms with Crippen molar-refractivity contribution in [2.75, 3.05) is 0 Å². The van der Waals surface area contributed by atoms with Gasteiger partial charge >= 0.3 is 5.97 Å². The highest BCUT2D eigenvalue weighted by atomic mass is 32.2. The number of carbonyl (C=O) groups is 1. The molecule has 108 valence electrons. The number of nitrogens with one attached hydrogen (secondary N) is 1. The van der Waals surface area contributed by atoms with Gasteiger partial charge in [0.25, 0.3) is 10.0 Å². The summed E-state index contributed by atoms with van der Waals surface area (Å²) in [5, 5.41) is 12.5. The van der Waals surface area contributed by atoms with Crippen LogP contribution in [0.5, 0.6) is 0 Å². The second-order valence-electron chi connectivity index (χ2n) is 3.94. The minimum Gasteiger partial charge on any atom is -0.477 e. The molecule has 2 N–H and O–H groups in total. The standard InChI is InChI=1S/C10H11N3O5S2/c1-5-3-8(19-9(5)10(14)15)20(16,17)11-4-7-12-6(2)13-18-7/h3,11H,4H2,1-2H3,(H,14,15). The van der Waals surface area contributed by atoms with E-state index in [0.29, 0.717) is 22.7 Å². The number of nitrogens with zero attached hydrogens (tertiary/aromatic N) is 2. The zero-order valence-corrected chi connectivity index (χ0v) is 12.2. The second-order valence-corrected chi connectivity index (χ2v) is 6.99. The Bertz CT molecular complexity index is 747. The number of thiophene rings is 1. The van der Waals surface area contributed by atoms with E-state index < -0.39 is 16.0 Å². The molecule has 0 aromatic carbocycles. The van der Waals surface area contributed by atoms with E-state index in [2.05, 4.69) is 14.9 Å². The van der Waals surface area contributed by atoms with Gasteiger partial charge in [0.1, 0.15) is 9.09 Å². The van der Waals surface area contributed by atoms with Gasteiger partial charge in [0.05, 0.1) is 6.54 Å². The maximum Gasteiger partial charge on any atom is 0.346 e. The van der Waals surface area contributed by atoms with Crippen LogP contribution in [0.25, 0.3) is 0 Å². The van der Waals surface area contributed by atoms with Crippen LogP contribution in [0, 0.1) is 13.8 Å². The number of sulfonamides is 1. The van der Waals surface area contributed by atoms with Crippen LogP contribution in [0.3, 0.4) is 0 Å². The number of hydrogen-bond donors (Lipinski definition) is 2. The summed E-state index contributed by atoms with van der Waals surface area (Å²) in [5.41, 5.74) is 0.400. The summed E-state index contributed by atoms with van der Waals surface area (Å²) >= 11 is 0.698. The summed E-state index contributed by atoms with van der Waals surface area (Å²) in [6, 6.07) is 1.31. The molecule has 0 atom stereocenters. The number of rotatable bonds is 5. The van der Waals surface area contributed by atoms with Crippen molar-refractivity contribution in [2.24, 2.45) is 0 Å². The lowest BCUT2D eigenvalue weighted by molar-refractivity contribution is 0.0701. The van der Waals surface area contributed by atoms with E-state index >= 15 is 0 Å². The fraction of sp³-hybridized carbons (Fsp3) is 0.300. The fourth-order valence-electron chi connectivity index (χ4n) is 1.44. The van der Waals surface area contributed by atoms with Crippen LogP contribution >= 0.6 is 11.3 Å². The number of carboxylic acids is 1. The molecular weight excluding hydrogens is 306 g/mol. The van der Waals surface area contributed by atoms with Crippen LogP contribution in [-0.4, -0.2) is 29.6 Å². The fourth-order valence-corrected chi connectivity index (χ4v) is 3.83. The normalized spacial score (nSPS) is 11.7. The Kier molecular flexibility index (Phi) is 3.88. The highest BCUT2D eigenvalue weighted by Crippen LogP contribution is 2.25. The second kappa shape index (κ2) is 5.31. The lowest BCUT2D eigenvalue weighted by Crippen LogP contribution is -2.22. The summed E-state index contributed by atoms with van der Waals surface area (Å²) in [6.45, 7) is 3.01. The van der Waals surface area contributed by atoms with Crippen molar-refractivity contribution in [3.63, 3.8) is 0 Å². The van der Waals surface area contributed by atoms with Gasteiger partial charge in [-0.2, -0.15) is 4.98 Å². The first-order valence-electron chi connectivity index (χ1n) is 5.42. The average molecular weight is 317 g/mol. The van der Waals surface area contributed by atoms with E-state index in [-0.39, 0.29) is 21.5 Å². The minimum absolute atomic E-state index is 0.000917. The molecule has 0 aliphatic rings. The Balaban J connectivity index is 2.18. The monoisotopic (exact) mass is 317 g/mol. The molecule has 0 aliphatic carbocycles. The maximum atomic E-state index is 12.0. The van der Waals surface area contributed by atoms with Gasteiger partial charge in [0, 0.05) is 0 Å². The van der Waals surface area contributed by atoms with Gasteiger partial charge in [-0.3, -0.25) is 0 Å². The van der Waals surface area contributed by atoms with Crippen molar-refractivity contribution >= 4 is 27.3 Å². The van der Waals surface area contributed by atoms with Crippen LogP contribution in [0.4, 0.5) is 0 Å². The molecule has 0 saturated carbocycles. The molecule has 0 amide bonds. The Morgan fingerprint density at radius 1 is 1.50 bits per heavy atom. The quantitative estimate of drug-likeness (QED) is 0.840. The van der Waals surface area contributed by atoms with Gasteiger partial charge in [-0.15, -0.1) is 11.3 Å². The Hall–Kier alpha value is -1.78. The molecule has 0 bridgehead atoms. The highest BCUT2D eigenvalue weighted by molar-refractivity contribution is 7.91. The zero-order chi connectivity index (χ0) is 14.9. The number of aryl methyl sites for hydroxylation is 2. The molecular formula is C10H11N3O5S2. The van der Waals surface area contributed by atoms with E-state index in [1.54, 1.807) is 13.8 Å². The molecule has 2 rings (SSSR count). The number of hydrogen-bond acceptors (Lipinski definition) is 7. The predicted octanol–water partition coefficient (Wildman–Crippen LogP) is 0.925. The van der Waals surface area contributed by atoms with Crippen molar-refractivity contribution in [1.82, 2.24) is 14.9 Å². The molecule has 2 heterocycles. The van der Waals surface area contributed by atoms with Crippen LogP contribution in [0.2, 0.25) is 0 Å². The van der Waals surface area contributed by atoms with Crippen molar-refractivity contribution in [3.8, 4) is 0 Å². The zero-order valence-electron chi connectivity index (χ0n) is 10.6. The Morgan fingerprint density at radius 2 is 2.20 bits per heavy atom. The van der Waals surface area contributed by atoms with Crippen LogP contribution < -0.4 is 4.72 Å². The smallest absolute Gasteiger partial charge is 0.346 e. The molecule has 20 heavy (non-hydrogen) atoms. The summed E-state index contributed by atoms with van der Waals surface area (Å²) in [5.74, 6) is -0.612. The largest absolute Gasteiger partial charge is 0.477 e. The lowest BCUT2D eigenvalue weighted by atomic mass is 10.3. The topological polar surface area (TPSA) is 122 Å². The van der Waals surface area contributed by atoms with E-state index in [4.69, 9.17) is 9.63 Å². The summed E-state index contributed by atoms with van der Waals surface area (Å²) in [7, 11) is -3.81. The maximum absolute atomic E-state index is 12.0. The van der Waals surface area contributed by atoms with E-state index in [1.165, 1.54) is 6.07 Å². The van der Waals surface area contributed by atoms with Gasteiger partial charge in [0.15, 0.2) is 5.82 Å². The molecule has 2 aromatic rings. The number of aromatic carboxylic acids is 1. The summed E-state index contributed by atoms with van der Waals surface area (Å²) < 4.78 is 31.0. The molecule has 0 fully saturated rings. The SMILES string of the molecule is Cc1noc(CNS(=O)(=O)c2cc(C)c(C(=O)O)s2)n1.